The predicted octanol–water partition coefficient (Wildman–Crippen LogP) is 2.19. The molecule has 9 heteroatoms. The molecule has 3 heterocycles. The van der Waals surface area contributed by atoms with E-state index < -0.39 is 10.0 Å². The van der Waals surface area contributed by atoms with Gasteiger partial charge in [0, 0.05) is 39.1 Å². The minimum absolute atomic E-state index is 0.0105. The molecule has 0 spiro atoms. The van der Waals surface area contributed by atoms with Crippen LogP contribution < -0.4 is 0 Å². The number of sulfonamides is 1. The van der Waals surface area contributed by atoms with Gasteiger partial charge in [0.05, 0.1) is 12.0 Å². The zero-order valence-corrected chi connectivity index (χ0v) is 18.4. The van der Waals surface area contributed by atoms with Crippen molar-refractivity contribution < 1.29 is 18.0 Å². The standard InChI is InChI=1S/C21H25N3O4S2/c1-16(17-6-3-2-4-7-17)24-15-18(14-19(24)25)21(26)22-9-11-23(12-10-22)30(27,28)20-8-5-13-29-20/h2-8,13,16,18H,9-12,14-15H2,1H3. The van der Waals surface area contributed by atoms with Gasteiger partial charge in [-0.3, -0.25) is 9.59 Å². The highest BCUT2D eigenvalue weighted by Crippen LogP contribution is 2.30. The number of piperazine rings is 1. The Morgan fingerprint density at radius 1 is 1.07 bits per heavy atom. The molecule has 2 fully saturated rings. The smallest absolute Gasteiger partial charge is 0.252 e. The van der Waals surface area contributed by atoms with Crippen LogP contribution in [0.5, 0.6) is 0 Å². The van der Waals surface area contributed by atoms with E-state index in [9.17, 15) is 18.0 Å². The van der Waals surface area contributed by atoms with Crippen LogP contribution in [-0.4, -0.2) is 67.1 Å². The van der Waals surface area contributed by atoms with Gasteiger partial charge in [-0.2, -0.15) is 4.31 Å². The van der Waals surface area contributed by atoms with Crippen molar-refractivity contribution in [2.24, 2.45) is 5.92 Å². The van der Waals surface area contributed by atoms with E-state index in [2.05, 4.69) is 0 Å². The number of hydrogen-bond acceptors (Lipinski definition) is 5. The SMILES string of the molecule is CC(c1ccccc1)N1CC(C(=O)N2CCN(S(=O)(=O)c3cccs3)CC2)CC1=O. The van der Waals surface area contributed by atoms with Crippen LogP contribution in [0.2, 0.25) is 0 Å². The molecule has 2 aliphatic rings. The first-order valence-corrected chi connectivity index (χ1v) is 12.4. The molecule has 160 valence electrons. The summed E-state index contributed by atoms with van der Waals surface area (Å²) < 4.78 is 27.1. The lowest BCUT2D eigenvalue weighted by atomic mass is 10.1. The molecule has 2 atom stereocenters. The first-order valence-electron chi connectivity index (χ1n) is 10.0. The molecule has 0 N–H and O–H groups in total. The molecule has 0 aliphatic carbocycles. The molecule has 2 aromatic rings. The van der Waals surface area contributed by atoms with Crippen LogP contribution in [0.15, 0.2) is 52.1 Å². The number of benzene rings is 1. The van der Waals surface area contributed by atoms with E-state index in [0.29, 0.717) is 23.8 Å². The Bertz CT molecular complexity index is 1000. The van der Waals surface area contributed by atoms with Gasteiger partial charge < -0.3 is 9.80 Å². The fourth-order valence-corrected chi connectivity index (χ4v) is 6.69. The average Bonchev–Trinajstić information content (AvgIpc) is 3.44. The summed E-state index contributed by atoms with van der Waals surface area (Å²) in [6.07, 6.45) is 0.212. The summed E-state index contributed by atoms with van der Waals surface area (Å²) in [7, 11) is -3.49. The largest absolute Gasteiger partial charge is 0.340 e. The van der Waals surface area contributed by atoms with Crippen molar-refractivity contribution in [2.75, 3.05) is 32.7 Å². The fourth-order valence-electron chi connectivity index (χ4n) is 4.13. The maximum absolute atomic E-state index is 13.0. The van der Waals surface area contributed by atoms with Crippen LogP contribution in [0.4, 0.5) is 0 Å². The van der Waals surface area contributed by atoms with Crippen LogP contribution in [0.25, 0.3) is 0 Å². The lowest BCUT2D eigenvalue weighted by molar-refractivity contribution is -0.137. The highest BCUT2D eigenvalue weighted by molar-refractivity contribution is 7.91. The predicted molar refractivity (Wildman–Crippen MR) is 114 cm³/mol. The van der Waals surface area contributed by atoms with Gasteiger partial charge in [-0.1, -0.05) is 36.4 Å². The quantitative estimate of drug-likeness (QED) is 0.704. The first-order chi connectivity index (χ1) is 14.4. The van der Waals surface area contributed by atoms with Gasteiger partial charge in [-0.15, -0.1) is 11.3 Å². The number of thiophene rings is 1. The Labute approximate surface area is 180 Å². The summed E-state index contributed by atoms with van der Waals surface area (Å²) in [5.74, 6) is -0.438. The normalized spacial score (nSPS) is 21.8. The topological polar surface area (TPSA) is 78.0 Å². The van der Waals surface area contributed by atoms with Crippen molar-refractivity contribution in [2.45, 2.75) is 23.6 Å². The number of amides is 2. The van der Waals surface area contributed by atoms with E-state index in [0.717, 1.165) is 5.56 Å². The second-order valence-electron chi connectivity index (χ2n) is 7.70. The van der Waals surface area contributed by atoms with E-state index in [-0.39, 0.29) is 43.3 Å². The van der Waals surface area contributed by atoms with Crippen molar-refractivity contribution in [3.8, 4) is 0 Å². The minimum atomic E-state index is -3.49. The van der Waals surface area contributed by atoms with Gasteiger partial charge in [0.15, 0.2) is 0 Å². The van der Waals surface area contributed by atoms with E-state index in [1.165, 1.54) is 15.6 Å². The molecule has 7 nitrogen and oxygen atoms in total. The molecule has 1 aromatic carbocycles. The summed E-state index contributed by atoms with van der Waals surface area (Å²) in [6, 6.07) is 13.0. The van der Waals surface area contributed by atoms with Crippen molar-refractivity contribution in [1.29, 1.82) is 0 Å². The van der Waals surface area contributed by atoms with Crippen LogP contribution in [-0.2, 0) is 19.6 Å². The third kappa shape index (κ3) is 4.01. The lowest BCUT2D eigenvalue weighted by Crippen LogP contribution is -2.52. The Kier molecular flexibility index (Phi) is 5.95. The van der Waals surface area contributed by atoms with Crippen LogP contribution in [0, 0.1) is 5.92 Å². The van der Waals surface area contributed by atoms with Gasteiger partial charge >= 0.3 is 0 Å². The number of hydrogen-bond donors (Lipinski definition) is 0. The molecule has 4 rings (SSSR count). The summed E-state index contributed by atoms with van der Waals surface area (Å²) in [4.78, 5) is 29.1. The number of likely N-dealkylation sites (tertiary alicyclic amines) is 1. The monoisotopic (exact) mass is 447 g/mol. The molecule has 2 saturated heterocycles. The molecule has 0 radical (unpaired) electrons. The van der Waals surface area contributed by atoms with E-state index in [4.69, 9.17) is 0 Å². The van der Waals surface area contributed by atoms with Gasteiger partial charge in [0.2, 0.25) is 11.8 Å². The third-order valence-electron chi connectivity index (χ3n) is 5.90. The van der Waals surface area contributed by atoms with Crippen molar-refractivity contribution in [3.63, 3.8) is 0 Å². The molecule has 1 aromatic heterocycles. The highest BCUT2D eigenvalue weighted by atomic mass is 32.2. The molecule has 0 saturated carbocycles. The van der Waals surface area contributed by atoms with Crippen LogP contribution in [0.3, 0.4) is 0 Å². The summed E-state index contributed by atoms with van der Waals surface area (Å²) in [6.45, 7) is 3.63. The van der Waals surface area contributed by atoms with E-state index >= 15 is 0 Å². The maximum atomic E-state index is 13.0. The summed E-state index contributed by atoms with van der Waals surface area (Å²) in [5.41, 5.74) is 1.05. The molecular formula is C21H25N3O4S2. The van der Waals surface area contributed by atoms with Gasteiger partial charge in [0.1, 0.15) is 4.21 Å². The van der Waals surface area contributed by atoms with E-state index in [1.54, 1.807) is 27.3 Å². The average molecular weight is 448 g/mol. The zero-order valence-electron chi connectivity index (χ0n) is 16.8. The number of carbonyl (C=O) groups excluding carboxylic acids is 2. The van der Waals surface area contributed by atoms with Crippen LogP contribution in [0.1, 0.15) is 24.9 Å². The molecular weight excluding hydrogens is 422 g/mol. The van der Waals surface area contributed by atoms with Gasteiger partial charge in [-0.05, 0) is 23.9 Å². The molecule has 2 aliphatic heterocycles. The Morgan fingerprint density at radius 2 is 1.77 bits per heavy atom. The maximum Gasteiger partial charge on any atom is 0.252 e. The Hall–Kier alpha value is -2.23. The van der Waals surface area contributed by atoms with Gasteiger partial charge in [0.25, 0.3) is 10.0 Å². The number of carbonyl (C=O) groups is 2. The number of rotatable bonds is 5. The van der Waals surface area contributed by atoms with Crippen LogP contribution >= 0.6 is 11.3 Å². The lowest BCUT2D eigenvalue weighted by Gasteiger charge is -2.35. The molecule has 30 heavy (non-hydrogen) atoms. The second-order valence-corrected chi connectivity index (χ2v) is 10.8. The summed E-state index contributed by atoms with van der Waals surface area (Å²) in [5, 5.41) is 1.74. The van der Waals surface area contributed by atoms with E-state index in [1.807, 2.05) is 37.3 Å². The third-order valence-corrected chi connectivity index (χ3v) is 9.17. The minimum Gasteiger partial charge on any atom is -0.340 e. The highest BCUT2D eigenvalue weighted by Gasteiger charge is 2.40. The Balaban J connectivity index is 1.36. The number of nitrogens with zero attached hydrogens (tertiary/aromatic N) is 3. The Morgan fingerprint density at radius 3 is 2.40 bits per heavy atom. The second kappa shape index (κ2) is 8.49. The van der Waals surface area contributed by atoms with Crippen molar-refractivity contribution in [3.05, 3.63) is 53.4 Å². The zero-order chi connectivity index (χ0) is 21.3. The summed E-state index contributed by atoms with van der Waals surface area (Å²) >= 11 is 1.20. The van der Waals surface area contributed by atoms with Gasteiger partial charge in [-0.25, -0.2) is 8.42 Å². The fraction of sp³-hybridized carbons (Fsp3) is 0.429. The van der Waals surface area contributed by atoms with Crippen molar-refractivity contribution >= 4 is 33.2 Å². The molecule has 0 bridgehead atoms. The molecule has 2 unspecified atom stereocenters. The first kappa shape index (κ1) is 21.0. The van der Waals surface area contributed by atoms with Crippen molar-refractivity contribution in [1.82, 2.24) is 14.1 Å². The molecule has 2 amide bonds.